The van der Waals surface area contributed by atoms with E-state index in [0.29, 0.717) is 0 Å². The lowest BCUT2D eigenvalue weighted by Gasteiger charge is -2.40. The minimum atomic E-state index is -0.701. The number of rotatable bonds is 4. The Morgan fingerprint density at radius 2 is 0.667 bits per heavy atom. The maximum Gasteiger partial charge on any atom is 0.0851 e. The summed E-state index contributed by atoms with van der Waals surface area (Å²) in [6.45, 7) is 0. The van der Waals surface area contributed by atoms with Gasteiger partial charge in [-0.15, -0.1) is 0 Å². The highest BCUT2D eigenvalue weighted by Gasteiger charge is 2.46. The van der Waals surface area contributed by atoms with Gasteiger partial charge < -0.3 is 0 Å². The molecular formula is C26H20N2P2. The third kappa shape index (κ3) is 3.90. The van der Waals surface area contributed by atoms with Crippen LogP contribution in [0.15, 0.2) is 131 Å². The van der Waals surface area contributed by atoms with E-state index in [1.165, 1.54) is 21.0 Å². The fourth-order valence-corrected chi connectivity index (χ4v) is 9.90. The Hall–Kier alpha value is -2.92. The third-order valence-corrected chi connectivity index (χ3v) is 10.8. The third-order valence-electron chi connectivity index (χ3n) is 4.80. The number of hydrogen-bond donors (Lipinski definition) is 0. The van der Waals surface area contributed by atoms with E-state index in [2.05, 4.69) is 84.9 Å². The summed E-state index contributed by atoms with van der Waals surface area (Å²) in [6, 6.07) is 42.0. The van der Waals surface area contributed by atoms with Crippen molar-refractivity contribution in [3.05, 3.63) is 121 Å². The van der Waals surface area contributed by atoms with Crippen LogP contribution in [0.25, 0.3) is 0 Å². The van der Waals surface area contributed by atoms with Crippen LogP contribution in [-0.2, 0) is 0 Å². The lowest BCUT2D eigenvalue weighted by molar-refractivity contribution is 1.54. The van der Waals surface area contributed by atoms with Gasteiger partial charge in [-0.05, 0) is 34.9 Å². The average Bonchev–Trinajstić information content (AvgIpc) is 2.81. The van der Waals surface area contributed by atoms with Gasteiger partial charge in [0, 0.05) is 15.8 Å². The molecule has 0 saturated carbocycles. The zero-order valence-electron chi connectivity index (χ0n) is 16.3. The van der Waals surface area contributed by atoms with Gasteiger partial charge in [0.1, 0.15) is 0 Å². The van der Waals surface area contributed by atoms with Crippen molar-refractivity contribution >= 4 is 48.2 Å². The van der Waals surface area contributed by atoms with E-state index in [1.807, 2.05) is 36.4 Å². The van der Waals surface area contributed by atoms with Crippen molar-refractivity contribution in [2.24, 2.45) is 9.98 Å². The molecular weight excluding hydrogens is 402 g/mol. The van der Waals surface area contributed by atoms with E-state index in [9.17, 15) is 0 Å². The van der Waals surface area contributed by atoms with Crippen molar-refractivity contribution in [1.82, 2.24) is 0 Å². The predicted octanol–water partition coefficient (Wildman–Crippen LogP) is 6.99. The number of nitrogens with zero attached hydrogens (tertiary/aromatic N) is 2. The highest BCUT2D eigenvalue weighted by atomic mass is 31.2. The molecule has 1 saturated heterocycles. The standard InChI is InChI=1S/C26H20N2P2/c1-5-13-21(14-6-1)27-25-29(23-17-9-3-10-18-23)26(28-22-15-7-2-8-16-22)30(25)24-19-11-4-12-20-24/h1-20H. The molecule has 0 N–H and O–H groups in total. The van der Waals surface area contributed by atoms with Crippen molar-refractivity contribution in [2.75, 3.05) is 0 Å². The second-order valence-corrected chi connectivity index (χ2v) is 11.6. The molecule has 0 radical (unpaired) electrons. The van der Waals surface area contributed by atoms with Crippen LogP contribution in [0.1, 0.15) is 0 Å². The molecule has 144 valence electrons. The summed E-state index contributed by atoms with van der Waals surface area (Å²) in [5, 5.41) is 5.18. The van der Waals surface area contributed by atoms with E-state index < -0.39 is 15.8 Å². The number of aliphatic imine (C=N–C) groups is 2. The van der Waals surface area contributed by atoms with Gasteiger partial charge in [0.2, 0.25) is 0 Å². The number of hydrogen-bond acceptors (Lipinski definition) is 2. The zero-order chi connectivity index (χ0) is 20.2. The maximum absolute atomic E-state index is 5.17. The van der Waals surface area contributed by atoms with Crippen molar-refractivity contribution in [2.45, 2.75) is 0 Å². The van der Waals surface area contributed by atoms with Crippen molar-refractivity contribution in [3.8, 4) is 0 Å². The monoisotopic (exact) mass is 422 g/mol. The molecule has 0 aromatic heterocycles. The Bertz CT molecular complexity index is 1070. The molecule has 0 spiro atoms. The maximum atomic E-state index is 5.17. The second-order valence-electron chi connectivity index (χ2n) is 6.84. The topological polar surface area (TPSA) is 24.7 Å². The molecule has 0 bridgehead atoms. The highest BCUT2D eigenvalue weighted by Crippen LogP contribution is 2.71. The largest absolute Gasteiger partial charge is 0.247 e. The Kier molecular flexibility index (Phi) is 5.62. The van der Waals surface area contributed by atoms with Crippen LogP contribution in [0.3, 0.4) is 0 Å². The summed E-state index contributed by atoms with van der Waals surface area (Å²) >= 11 is 0. The van der Waals surface area contributed by atoms with Gasteiger partial charge in [0.05, 0.1) is 21.8 Å². The number of benzene rings is 4. The van der Waals surface area contributed by atoms with E-state index in [0.717, 1.165) is 11.4 Å². The van der Waals surface area contributed by atoms with Crippen LogP contribution in [0, 0.1) is 0 Å². The summed E-state index contributed by atoms with van der Waals surface area (Å²) in [4.78, 5) is 10.3. The SMILES string of the molecule is c1ccc(N=C2P(c3ccccc3)C(=Nc3ccccc3)P2c2ccccc2)cc1. The van der Waals surface area contributed by atoms with Crippen molar-refractivity contribution in [3.63, 3.8) is 0 Å². The first-order valence-corrected chi connectivity index (χ1v) is 12.6. The molecule has 30 heavy (non-hydrogen) atoms. The van der Waals surface area contributed by atoms with Gasteiger partial charge in [0.25, 0.3) is 0 Å². The predicted molar refractivity (Wildman–Crippen MR) is 133 cm³/mol. The fraction of sp³-hybridized carbons (Fsp3) is 0. The lowest BCUT2D eigenvalue weighted by Crippen LogP contribution is -2.29. The van der Waals surface area contributed by atoms with Gasteiger partial charge in [-0.3, -0.25) is 0 Å². The minimum Gasteiger partial charge on any atom is -0.247 e. The van der Waals surface area contributed by atoms with Gasteiger partial charge >= 0.3 is 0 Å². The Balaban J connectivity index is 1.68. The Morgan fingerprint density at radius 1 is 0.367 bits per heavy atom. The molecule has 5 rings (SSSR count). The molecule has 4 aromatic rings. The Morgan fingerprint density at radius 3 is 1.00 bits per heavy atom. The molecule has 2 nitrogen and oxygen atoms in total. The fourth-order valence-electron chi connectivity index (χ4n) is 3.39. The normalized spacial score (nSPS) is 17.9. The lowest BCUT2D eigenvalue weighted by atomic mass is 10.3. The first kappa shape index (κ1) is 19.1. The highest BCUT2D eigenvalue weighted by molar-refractivity contribution is 8.39. The molecule has 0 unspecified atom stereocenters. The minimum absolute atomic E-state index is 0.701. The summed E-state index contributed by atoms with van der Waals surface area (Å²) < 4.78 is 0. The van der Waals surface area contributed by atoms with Crippen LogP contribution in [-0.4, -0.2) is 10.4 Å². The molecule has 4 aromatic carbocycles. The first-order valence-electron chi connectivity index (χ1n) is 9.88. The first-order chi connectivity index (χ1) is 14.9. The molecule has 1 heterocycles. The van der Waals surface area contributed by atoms with E-state index in [-0.39, 0.29) is 0 Å². The molecule has 4 heteroatoms. The van der Waals surface area contributed by atoms with Gasteiger partial charge in [-0.1, -0.05) is 97.1 Å². The average molecular weight is 422 g/mol. The van der Waals surface area contributed by atoms with Crippen LogP contribution < -0.4 is 10.6 Å². The van der Waals surface area contributed by atoms with Crippen LogP contribution in [0.5, 0.6) is 0 Å². The molecule has 1 aliphatic heterocycles. The van der Waals surface area contributed by atoms with Crippen LogP contribution in [0.2, 0.25) is 0 Å². The van der Waals surface area contributed by atoms with Crippen molar-refractivity contribution < 1.29 is 0 Å². The van der Waals surface area contributed by atoms with Crippen molar-refractivity contribution in [1.29, 1.82) is 0 Å². The smallest absolute Gasteiger partial charge is 0.0851 e. The van der Waals surface area contributed by atoms with Crippen LogP contribution in [0.4, 0.5) is 11.4 Å². The zero-order valence-corrected chi connectivity index (χ0v) is 18.1. The molecule has 1 aliphatic rings. The Labute approximate surface area is 179 Å². The summed E-state index contributed by atoms with van der Waals surface area (Å²) in [5.41, 5.74) is 2.02. The molecule has 0 aliphatic carbocycles. The second kappa shape index (κ2) is 8.84. The van der Waals surface area contributed by atoms with Gasteiger partial charge in [0.15, 0.2) is 0 Å². The van der Waals surface area contributed by atoms with E-state index in [4.69, 9.17) is 9.98 Å². The summed E-state index contributed by atoms with van der Waals surface area (Å²) in [5.74, 6) is 0. The van der Waals surface area contributed by atoms with Gasteiger partial charge in [-0.25, -0.2) is 9.98 Å². The molecule has 0 atom stereocenters. The van der Waals surface area contributed by atoms with Gasteiger partial charge in [-0.2, -0.15) is 0 Å². The van der Waals surface area contributed by atoms with Crippen LogP contribution >= 0.6 is 15.8 Å². The van der Waals surface area contributed by atoms with E-state index >= 15 is 0 Å². The number of para-hydroxylation sites is 2. The molecule has 0 amide bonds. The molecule has 1 fully saturated rings. The summed E-state index contributed by atoms with van der Waals surface area (Å²) in [6.07, 6.45) is 0. The van der Waals surface area contributed by atoms with E-state index in [1.54, 1.807) is 0 Å². The summed E-state index contributed by atoms with van der Waals surface area (Å²) in [7, 11) is -1.40. The quantitative estimate of drug-likeness (QED) is 0.317.